The van der Waals surface area contributed by atoms with E-state index in [-0.39, 0.29) is 24.4 Å². The van der Waals surface area contributed by atoms with Gasteiger partial charge in [-0.25, -0.2) is 0 Å². The minimum atomic E-state index is -0.508. The number of unbranched alkanes of at least 4 members (excludes halogenated alkanes) is 2. The third kappa shape index (κ3) is 3.14. The van der Waals surface area contributed by atoms with Crippen LogP contribution in [0.5, 0.6) is 0 Å². The molecule has 3 nitrogen and oxygen atoms in total. The first-order valence-corrected chi connectivity index (χ1v) is 5.18. The fourth-order valence-corrected chi connectivity index (χ4v) is 1.80. The van der Waals surface area contributed by atoms with Gasteiger partial charge in [0.2, 0.25) is 0 Å². The van der Waals surface area contributed by atoms with Crippen LogP contribution in [0.15, 0.2) is 4.99 Å². The number of hydrogen-bond donors (Lipinski definition) is 2. The quantitative estimate of drug-likeness (QED) is 0.709. The van der Waals surface area contributed by atoms with Crippen LogP contribution in [0, 0.1) is 5.92 Å². The molecule has 0 spiro atoms. The molecule has 1 aliphatic heterocycles. The molecular formula is C10H21ClN2O. The van der Waals surface area contributed by atoms with Crippen molar-refractivity contribution in [3.05, 3.63) is 0 Å². The minimum absolute atomic E-state index is 0. The SMILES string of the molecule is CCCCC[C@H]1N=C(N)[C@@H](O)[C@H]1C.Cl. The summed E-state index contributed by atoms with van der Waals surface area (Å²) in [5.74, 6) is 0.630. The van der Waals surface area contributed by atoms with E-state index >= 15 is 0 Å². The summed E-state index contributed by atoms with van der Waals surface area (Å²) in [6.45, 7) is 4.20. The van der Waals surface area contributed by atoms with Crippen molar-refractivity contribution in [2.45, 2.75) is 51.7 Å². The van der Waals surface area contributed by atoms with Crippen LogP contribution in [-0.4, -0.2) is 23.1 Å². The van der Waals surface area contributed by atoms with E-state index in [4.69, 9.17) is 5.73 Å². The van der Waals surface area contributed by atoms with E-state index in [9.17, 15) is 5.11 Å². The first-order chi connectivity index (χ1) is 6.16. The second kappa shape index (κ2) is 6.25. The average Bonchev–Trinajstić information content (AvgIpc) is 2.34. The summed E-state index contributed by atoms with van der Waals surface area (Å²) in [6, 6.07) is 0.251. The van der Waals surface area contributed by atoms with Gasteiger partial charge in [0.15, 0.2) is 0 Å². The van der Waals surface area contributed by atoms with Gasteiger partial charge in [0, 0.05) is 5.92 Å². The summed E-state index contributed by atoms with van der Waals surface area (Å²) < 4.78 is 0. The first-order valence-electron chi connectivity index (χ1n) is 5.18. The molecule has 14 heavy (non-hydrogen) atoms. The second-order valence-electron chi connectivity index (χ2n) is 3.92. The van der Waals surface area contributed by atoms with Crippen molar-refractivity contribution >= 4 is 18.2 Å². The molecular weight excluding hydrogens is 200 g/mol. The molecule has 0 aromatic rings. The van der Waals surface area contributed by atoms with Gasteiger partial charge in [0.25, 0.3) is 0 Å². The number of aliphatic imine (C=N–C) groups is 1. The van der Waals surface area contributed by atoms with Crippen molar-refractivity contribution in [1.82, 2.24) is 0 Å². The van der Waals surface area contributed by atoms with Crippen LogP contribution in [0.3, 0.4) is 0 Å². The van der Waals surface area contributed by atoms with E-state index in [2.05, 4.69) is 11.9 Å². The van der Waals surface area contributed by atoms with Crippen molar-refractivity contribution in [1.29, 1.82) is 0 Å². The second-order valence-corrected chi connectivity index (χ2v) is 3.92. The molecule has 1 heterocycles. The van der Waals surface area contributed by atoms with Gasteiger partial charge in [0.1, 0.15) is 11.9 Å². The number of nitrogens with two attached hydrogens (primary N) is 1. The van der Waals surface area contributed by atoms with Crippen LogP contribution >= 0.6 is 12.4 Å². The molecule has 0 radical (unpaired) electrons. The highest BCUT2D eigenvalue weighted by atomic mass is 35.5. The third-order valence-electron chi connectivity index (χ3n) is 2.83. The van der Waals surface area contributed by atoms with Gasteiger partial charge < -0.3 is 10.8 Å². The van der Waals surface area contributed by atoms with Crippen molar-refractivity contribution in [3.8, 4) is 0 Å². The highest BCUT2D eigenvalue weighted by molar-refractivity contribution is 5.87. The molecule has 0 aromatic carbocycles. The molecule has 0 saturated heterocycles. The zero-order chi connectivity index (χ0) is 9.84. The van der Waals surface area contributed by atoms with E-state index in [0.717, 1.165) is 6.42 Å². The van der Waals surface area contributed by atoms with Gasteiger partial charge in [-0.15, -0.1) is 12.4 Å². The number of halogens is 1. The fourth-order valence-electron chi connectivity index (χ4n) is 1.80. The third-order valence-corrected chi connectivity index (χ3v) is 2.83. The summed E-state index contributed by atoms with van der Waals surface area (Å²) in [6.07, 6.45) is 4.21. The number of hydrogen-bond acceptors (Lipinski definition) is 3. The van der Waals surface area contributed by atoms with Gasteiger partial charge >= 0.3 is 0 Å². The predicted octanol–water partition coefficient (Wildman–Crippen LogP) is 1.72. The molecule has 3 atom stereocenters. The Morgan fingerprint density at radius 2 is 2.07 bits per heavy atom. The summed E-state index contributed by atoms with van der Waals surface area (Å²) in [4.78, 5) is 4.27. The van der Waals surface area contributed by atoms with Crippen LogP contribution in [-0.2, 0) is 0 Å². The lowest BCUT2D eigenvalue weighted by Crippen LogP contribution is -2.30. The molecule has 0 unspecified atom stereocenters. The van der Waals surface area contributed by atoms with E-state index in [1.54, 1.807) is 0 Å². The predicted molar refractivity (Wildman–Crippen MR) is 62.0 cm³/mol. The molecule has 84 valence electrons. The zero-order valence-electron chi connectivity index (χ0n) is 8.94. The molecule has 1 aliphatic rings. The van der Waals surface area contributed by atoms with E-state index in [1.807, 2.05) is 6.92 Å². The highest BCUT2D eigenvalue weighted by Crippen LogP contribution is 2.24. The maximum absolute atomic E-state index is 9.54. The Labute approximate surface area is 92.2 Å². The number of amidine groups is 1. The average molecular weight is 221 g/mol. The summed E-state index contributed by atoms with van der Waals surface area (Å²) in [7, 11) is 0. The van der Waals surface area contributed by atoms with Crippen LogP contribution in [0.4, 0.5) is 0 Å². The molecule has 0 bridgehead atoms. The maximum atomic E-state index is 9.54. The van der Waals surface area contributed by atoms with Crippen molar-refractivity contribution in [3.63, 3.8) is 0 Å². The molecule has 0 fully saturated rings. The Morgan fingerprint density at radius 1 is 1.43 bits per heavy atom. The Bertz CT molecular complexity index is 197. The standard InChI is InChI=1S/C10H20N2O.ClH/c1-3-4-5-6-8-7(2)9(13)10(11)12-8;/h7-9,13H,3-6H2,1-2H3,(H2,11,12);1H/t7-,8+,9-;/m0./s1. The topological polar surface area (TPSA) is 58.6 Å². The van der Waals surface area contributed by atoms with Gasteiger partial charge in [-0.2, -0.15) is 0 Å². The highest BCUT2D eigenvalue weighted by Gasteiger charge is 2.32. The Kier molecular flexibility index (Phi) is 6.12. The lowest BCUT2D eigenvalue weighted by Gasteiger charge is -2.15. The molecule has 0 saturated carbocycles. The van der Waals surface area contributed by atoms with Gasteiger partial charge in [0.05, 0.1) is 6.04 Å². The van der Waals surface area contributed by atoms with Crippen LogP contribution < -0.4 is 5.73 Å². The lowest BCUT2D eigenvalue weighted by molar-refractivity contribution is 0.175. The Balaban J connectivity index is 0.00000169. The summed E-state index contributed by atoms with van der Waals surface area (Å²) in [5, 5.41) is 9.54. The number of aliphatic hydroxyl groups excluding tert-OH is 1. The molecule has 0 aliphatic carbocycles. The van der Waals surface area contributed by atoms with Gasteiger partial charge in [-0.1, -0.05) is 33.1 Å². The van der Waals surface area contributed by atoms with Gasteiger partial charge in [-0.05, 0) is 6.42 Å². The fraction of sp³-hybridized carbons (Fsp3) is 0.900. The Hall–Kier alpha value is -0.280. The smallest absolute Gasteiger partial charge is 0.123 e. The maximum Gasteiger partial charge on any atom is 0.123 e. The monoisotopic (exact) mass is 220 g/mol. The van der Waals surface area contributed by atoms with Crippen molar-refractivity contribution in [2.24, 2.45) is 16.6 Å². The van der Waals surface area contributed by atoms with Crippen LogP contribution in [0.25, 0.3) is 0 Å². The van der Waals surface area contributed by atoms with E-state index in [1.165, 1.54) is 19.3 Å². The van der Waals surface area contributed by atoms with Crippen LogP contribution in [0.2, 0.25) is 0 Å². The normalized spacial score (nSPS) is 31.1. The summed E-state index contributed by atoms with van der Waals surface area (Å²) in [5.41, 5.74) is 5.56. The van der Waals surface area contributed by atoms with Crippen molar-refractivity contribution in [2.75, 3.05) is 0 Å². The lowest BCUT2D eigenvalue weighted by atomic mass is 9.95. The first kappa shape index (κ1) is 13.7. The molecule has 0 aromatic heterocycles. The van der Waals surface area contributed by atoms with Crippen LogP contribution in [0.1, 0.15) is 39.5 Å². The molecule has 0 amide bonds. The van der Waals surface area contributed by atoms with E-state index in [0.29, 0.717) is 5.84 Å². The number of aliphatic hydroxyl groups is 1. The minimum Gasteiger partial charge on any atom is -0.385 e. The molecule has 1 rings (SSSR count). The Morgan fingerprint density at radius 3 is 2.50 bits per heavy atom. The largest absolute Gasteiger partial charge is 0.385 e. The zero-order valence-corrected chi connectivity index (χ0v) is 9.76. The van der Waals surface area contributed by atoms with E-state index < -0.39 is 6.10 Å². The molecule has 3 N–H and O–H groups in total. The summed E-state index contributed by atoms with van der Waals surface area (Å²) >= 11 is 0. The number of nitrogens with zero attached hydrogens (tertiary/aromatic N) is 1. The number of rotatable bonds is 4. The molecule has 4 heteroatoms. The van der Waals surface area contributed by atoms with Gasteiger partial charge in [-0.3, -0.25) is 4.99 Å². The van der Waals surface area contributed by atoms with Crippen molar-refractivity contribution < 1.29 is 5.11 Å².